The number of rotatable bonds is 4. The molecule has 0 spiro atoms. The van der Waals surface area contributed by atoms with Gasteiger partial charge in [-0.15, -0.1) is 10.2 Å². The van der Waals surface area contributed by atoms with Crippen molar-refractivity contribution in [2.24, 2.45) is 11.7 Å². The van der Waals surface area contributed by atoms with Gasteiger partial charge in [0, 0.05) is 18.7 Å². The summed E-state index contributed by atoms with van der Waals surface area (Å²) in [5, 5.41) is 19.0. The molecule has 114 valence electrons. The van der Waals surface area contributed by atoms with Crippen molar-refractivity contribution in [3.63, 3.8) is 0 Å². The fraction of sp³-hybridized carbons (Fsp3) is 0.800. The number of aromatic nitrogens is 3. The minimum Gasteiger partial charge on any atom is -0.313 e. The van der Waals surface area contributed by atoms with Crippen molar-refractivity contribution in [1.29, 1.82) is 5.26 Å². The van der Waals surface area contributed by atoms with Gasteiger partial charge < -0.3 is 10.3 Å². The summed E-state index contributed by atoms with van der Waals surface area (Å²) in [5.74, 6) is 2.45. The first-order valence-electron chi connectivity index (χ1n) is 7.98. The molecule has 0 saturated heterocycles. The Hall–Kier alpha value is -1.06. The van der Waals surface area contributed by atoms with E-state index in [9.17, 15) is 5.26 Å². The van der Waals surface area contributed by atoms with Crippen LogP contribution in [0.2, 0.25) is 0 Å². The van der Waals surface area contributed by atoms with Crippen molar-refractivity contribution in [2.75, 3.05) is 5.75 Å². The summed E-state index contributed by atoms with van der Waals surface area (Å²) in [4.78, 5) is 0. The Morgan fingerprint density at radius 2 is 2.24 bits per heavy atom. The number of fused-ring (bicyclic) bond motifs is 1. The van der Waals surface area contributed by atoms with Gasteiger partial charge in [-0.25, -0.2) is 0 Å². The van der Waals surface area contributed by atoms with E-state index in [2.05, 4.69) is 20.8 Å². The van der Waals surface area contributed by atoms with Crippen molar-refractivity contribution < 1.29 is 0 Å². The lowest BCUT2D eigenvalue weighted by Gasteiger charge is -2.23. The topological polar surface area (TPSA) is 80.5 Å². The van der Waals surface area contributed by atoms with Gasteiger partial charge in [0.25, 0.3) is 0 Å². The molecule has 2 unspecified atom stereocenters. The molecule has 0 amide bonds. The molecule has 2 N–H and O–H groups in total. The predicted octanol–water partition coefficient (Wildman–Crippen LogP) is 2.51. The fourth-order valence-corrected chi connectivity index (χ4v) is 4.55. The molecule has 1 aromatic rings. The van der Waals surface area contributed by atoms with Gasteiger partial charge in [-0.2, -0.15) is 5.26 Å². The molecule has 0 bridgehead atoms. The highest BCUT2D eigenvalue weighted by Gasteiger charge is 2.39. The Morgan fingerprint density at radius 1 is 1.33 bits per heavy atom. The zero-order valence-corrected chi connectivity index (χ0v) is 13.2. The lowest BCUT2D eigenvalue weighted by atomic mass is 9.88. The summed E-state index contributed by atoms with van der Waals surface area (Å²) in [5.41, 5.74) is 5.60. The standard InChI is InChI=1S/C15H23N5S/c16-11-15(17)8-4-5-12(15)7-10-21-14-19-18-13-6-2-1-3-9-20(13)14/h12H,1-10,17H2. The molecule has 5 nitrogen and oxygen atoms in total. The van der Waals surface area contributed by atoms with Gasteiger partial charge in [-0.3, -0.25) is 0 Å². The molecule has 1 aromatic heterocycles. The van der Waals surface area contributed by atoms with Gasteiger partial charge in [0.1, 0.15) is 11.4 Å². The van der Waals surface area contributed by atoms with Gasteiger partial charge in [-0.05, 0) is 38.0 Å². The predicted molar refractivity (Wildman–Crippen MR) is 82.8 cm³/mol. The molecule has 0 aromatic carbocycles. The average molecular weight is 305 g/mol. The summed E-state index contributed by atoms with van der Waals surface area (Å²) in [6.45, 7) is 1.05. The summed E-state index contributed by atoms with van der Waals surface area (Å²) in [7, 11) is 0. The number of thioether (sulfide) groups is 1. The van der Waals surface area contributed by atoms with Crippen molar-refractivity contribution >= 4 is 11.8 Å². The molecule has 21 heavy (non-hydrogen) atoms. The molecule has 1 aliphatic carbocycles. The summed E-state index contributed by atoms with van der Waals surface area (Å²) >= 11 is 1.77. The van der Waals surface area contributed by atoms with Crippen molar-refractivity contribution in [1.82, 2.24) is 14.8 Å². The van der Waals surface area contributed by atoms with E-state index in [1.54, 1.807) is 11.8 Å². The molecule has 3 rings (SSSR count). The first kappa shape index (κ1) is 14.9. The van der Waals surface area contributed by atoms with Crippen LogP contribution >= 0.6 is 11.8 Å². The Morgan fingerprint density at radius 3 is 3.10 bits per heavy atom. The molecule has 2 aliphatic rings. The Bertz CT molecular complexity index is 535. The Labute approximate surface area is 130 Å². The van der Waals surface area contributed by atoms with E-state index >= 15 is 0 Å². The zero-order valence-electron chi connectivity index (χ0n) is 12.4. The quantitative estimate of drug-likeness (QED) is 0.864. The van der Waals surface area contributed by atoms with Crippen molar-refractivity contribution in [2.45, 2.75) is 68.6 Å². The maximum Gasteiger partial charge on any atom is 0.191 e. The van der Waals surface area contributed by atoms with Crippen LogP contribution in [0.5, 0.6) is 0 Å². The maximum absolute atomic E-state index is 9.26. The maximum atomic E-state index is 9.26. The monoisotopic (exact) mass is 305 g/mol. The van der Waals surface area contributed by atoms with Crippen LogP contribution in [0, 0.1) is 17.2 Å². The molecule has 6 heteroatoms. The third-order valence-corrected chi connectivity index (χ3v) is 5.85. The number of hydrogen-bond acceptors (Lipinski definition) is 5. The molecule has 0 radical (unpaired) electrons. The van der Waals surface area contributed by atoms with E-state index in [1.807, 2.05) is 0 Å². The highest BCUT2D eigenvalue weighted by molar-refractivity contribution is 7.99. The van der Waals surface area contributed by atoms with E-state index in [1.165, 1.54) is 19.3 Å². The van der Waals surface area contributed by atoms with Crippen LogP contribution in [0.3, 0.4) is 0 Å². The van der Waals surface area contributed by atoms with E-state index in [4.69, 9.17) is 5.73 Å². The van der Waals surface area contributed by atoms with Gasteiger partial charge in [-0.1, -0.05) is 24.6 Å². The van der Waals surface area contributed by atoms with Crippen LogP contribution in [-0.4, -0.2) is 26.1 Å². The minimum atomic E-state index is -0.595. The fourth-order valence-electron chi connectivity index (χ4n) is 3.51. The SMILES string of the molecule is N#CC1(N)CCCC1CCSc1nnc2n1CCCCC2. The number of nitrogens with zero attached hydrogens (tertiary/aromatic N) is 4. The third-order valence-electron chi connectivity index (χ3n) is 4.85. The Kier molecular flexibility index (Phi) is 4.51. The number of nitriles is 1. The van der Waals surface area contributed by atoms with E-state index in [0.717, 1.165) is 55.4 Å². The second-order valence-corrected chi connectivity index (χ2v) is 7.30. The average Bonchev–Trinajstić information content (AvgIpc) is 2.96. The second-order valence-electron chi connectivity index (χ2n) is 6.24. The first-order chi connectivity index (χ1) is 10.2. The molecule has 1 fully saturated rings. The minimum absolute atomic E-state index is 0.335. The summed E-state index contributed by atoms with van der Waals surface area (Å²) < 4.78 is 2.28. The smallest absolute Gasteiger partial charge is 0.191 e. The molecule has 2 atom stereocenters. The van der Waals surface area contributed by atoms with Gasteiger partial charge >= 0.3 is 0 Å². The molecule has 1 saturated carbocycles. The van der Waals surface area contributed by atoms with E-state index in [0.29, 0.717) is 5.92 Å². The number of aryl methyl sites for hydroxylation is 1. The largest absolute Gasteiger partial charge is 0.313 e. The normalized spacial score (nSPS) is 28.9. The zero-order chi connectivity index (χ0) is 14.7. The van der Waals surface area contributed by atoms with Gasteiger partial charge in [0.2, 0.25) is 0 Å². The Balaban J connectivity index is 1.57. The van der Waals surface area contributed by atoms with Crippen LogP contribution in [-0.2, 0) is 13.0 Å². The first-order valence-corrected chi connectivity index (χ1v) is 8.96. The molecular formula is C15H23N5S. The second kappa shape index (κ2) is 6.37. The lowest BCUT2D eigenvalue weighted by molar-refractivity contribution is 0.389. The summed E-state index contributed by atoms with van der Waals surface area (Å²) in [6.07, 6.45) is 8.80. The van der Waals surface area contributed by atoms with Gasteiger partial charge in [0.05, 0.1) is 6.07 Å². The van der Waals surface area contributed by atoms with Crippen LogP contribution in [0.4, 0.5) is 0 Å². The van der Waals surface area contributed by atoms with E-state index in [-0.39, 0.29) is 0 Å². The highest BCUT2D eigenvalue weighted by atomic mass is 32.2. The number of nitrogens with two attached hydrogens (primary N) is 1. The van der Waals surface area contributed by atoms with Crippen LogP contribution in [0.25, 0.3) is 0 Å². The van der Waals surface area contributed by atoms with E-state index < -0.39 is 5.54 Å². The van der Waals surface area contributed by atoms with Crippen LogP contribution < -0.4 is 5.73 Å². The molecule has 1 aliphatic heterocycles. The number of hydrogen-bond donors (Lipinski definition) is 1. The van der Waals surface area contributed by atoms with Crippen LogP contribution in [0.1, 0.15) is 50.8 Å². The van der Waals surface area contributed by atoms with Crippen LogP contribution in [0.15, 0.2) is 5.16 Å². The molecular weight excluding hydrogens is 282 g/mol. The lowest BCUT2D eigenvalue weighted by Crippen LogP contribution is -2.41. The highest BCUT2D eigenvalue weighted by Crippen LogP contribution is 2.37. The van der Waals surface area contributed by atoms with Crippen molar-refractivity contribution in [3.8, 4) is 6.07 Å². The van der Waals surface area contributed by atoms with Gasteiger partial charge in [0.15, 0.2) is 5.16 Å². The molecule has 2 heterocycles. The third kappa shape index (κ3) is 3.09. The van der Waals surface area contributed by atoms with Crippen molar-refractivity contribution in [3.05, 3.63) is 5.82 Å². The summed E-state index contributed by atoms with van der Waals surface area (Å²) in [6, 6.07) is 2.33.